The third kappa shape index (κ3) is 8.67. The molecule has 1 aromatic carbocycles. The summed E-state index contributed by atoms with van der Waals surface area (Å²) in [7, 11) is 4.05. The van der Waals surface area contributed by atoms with Crippen molar-refractivity contribution in [3.63, 3.8) is 0 Å². The van der Waals surface area contributed by atoms with Gasteiger partial charge >= 0.3 is 0 Å². The molecule has 0 bridgehead atoms. The molecular weight excluding hydrogens is 296 g/mol. The van der Waals surface area contributed by atoms with Crippen LogP contribution in [0.1, 0.15) is 18.9 Å². The highest BCUT2D eigenvalue weighted by Crippen LogP contribution is 2.14. The molecule has 23 heavy (non-hydrogen) atoms. The molecule has 0 saturated heterocycles. The van der Waals surface area contributed by atoms with E-state index in [1.54, 1.807) is 0 Å². The zero-order valence-corrected chi connectivity index (χ0v) is 14.0. The Bertz CT molecular complexity index is 518. The molecular formula is C16H26N4O3. The predicted octanol–water partition coefficient (Wildman–Crippen LogP) is 1.79. The fraction of sp³-hybridized carbons (Fsp3) is 0.500. The van der Waals surface area contributed by atoms with Crippen LogP contribution in [0.15, 0.2) is 36.3 Å². The maximum Gasteiger partial charge on any atom is 0.274 e. The minimum absolute atomic E-state index is 0.422. The van der Waals surface area contributed by atoms with Crippen molar-refractivity contribution in [1.29, 1.82) is 0 Å². The molecule has 0 unspecified atom stereocenters. The third-order valence-corrected chi connectivity index (χ3v) is 2.90. The quantitative estimate of drug-likeness (QED) is 0.367. The summed E-state index contributed by atoms with van der Waals surface area (Å²) in [5.41, 5.74) is 1.20. The number of rotatable bonds is 11. The van der Waals surface area contributed by atoms with E-state index < -0.39 is 4.92 Å². The maximum absolute atomic E-state index is 10.5. The minimum Gasteiger partial charge on any atom is -0.494 e. The van der Waals surface area contributed by atoms with Crippen molar-refractivity contribution < 1.29 is 9.66 Å². The lowest BCUT2D eigenvalue weighted by molar-refractivity contribution is -0.404. The predicted molar refractivity (Wildman–Crippen MR) is 90.7 cm³/mol. The van der Waals surface area contributed by atoms with E-state index in [0.717, 1.165) is 24.9 Å². The van der Waals surface area contributed by atoms with Crippen molar-refractivity contribution in [1.82, 2.24) is 15.5 Å². The number of nitro groups is 1. The van der Waals surface area contributed by atoms with Gasteiger partial charge in [-0.1, -0.05) is 12.1 Å². The molecule has 1 aromatic rings. The first-order valence-electron chi connectivity index (χ1n) is 7.70. The fourth-order valence-corrected chi connectivity index (χ4v) is 2.03. The summed E-state index contributed by atoms with van der Waals surface area (Å²) in [4.78, 5) is 12.1. The van der Waals surface area contributed by atoms with Gasteiger partial charge in [-0.25, -0.2) is 0 Å². The van der Waals surface area contributed by atoms with Gasteiger partial charge in [-0.3, -0.25) is 10.1 Å². The Labute approximate surface area is 137 Å². The molecule has 0 aliphatic rings. The summed E-state index contributed by atoms with van der Waals surface area (Å²) in [6.07, 6.45) is 1.69. The highest BCUT2D eigenvalue weighted by atomic mass is 16.6. The molecule has 0 heterocycles. The number of benzene rings is 1. The minimum atomic E-state index is -0.474. The number of nitrogens with zero attached hydrogens (tertiary/aromatic N) is 2. The highest BCUT2D eigenvalue weighted by molar-refractivity contribution is 5.28. The Morgan fingerprint density at radius 2 is 2.17 bits per heavy atom. The zero-order valence-electron chi connectivity index (χ0n) is 14.0. The van der Waals surface area contributed by atoms with Crippen molar-refractivity contribution in [3.05, 3.63) is 52.0 Å². The van der Waals surface area contributed by atoms with E-state index in [1.165, 1.54) is 5.56 Å². The average Bonchev–Trinajstić information content (AvgIpc) is 2.46. The molecule has 0 fully saturated rings. The summed E-state index contributed by atoms with van der Waals surface area (Å²) >= 11 is 0. The third-order valence-electron chi connectivity index (χ3n) is 2.90. The van der Waals surface area contributed by atoms with Crippen LogP contribution >= 0.6 is 0 Å². The molecule has 128 valence electrons. The van der Waals surface area contributed by atoms with Crippen LogP contribution in [-0.4, -0.2) is 43.6 Å². The standard InChI is InChI=1S/C16H26N4O3/c1-4-17-16(13-20(21)22)18-9-6-10-23-15-8-5-7-14(11-15)12-19(2)3/h5,7-8,11,13,17-18H,4,6,9-10,12H2,1-3H3/b16-13+. The molecule has 7 nitrogen and oxygen atoms in total. The molecule has 0 aromatic heterocycles. The lowest BCUT2D eigenvalue weighted by Crippen LogP contribution is -2.28. The molecule has 2 N–H and O–H groups in total. The molecule has 7 heteroatoms. The molecule has 0 aliphatic carbocycles. The summed E-state index contributed by atoms with van der Waals surface area (Å²) < 4.78 is 5.72. The van der Waals surface area contributed by atoms with Crippen LogP contribution in [0.5, 0.6) is 5.75 Å². The van der Waals surface area contributed by atoms with Crippen molar-refractivity contribution in [3.8, 4) is 5.75 Å². The van der Waals surface area contributed by atoms with E-state index in [9.17, 15) is 10.1 Å². The lowest BCUT2D eigenvalue weighted by Gasteiger charge is -2.12. The Morgan fingerprint density at radius 1 is 1.39 bits per heavy atom. The summed E-state index contributed by atoms with van der Waals surface area (Å²) in [5, 5.41) is 16.4. The number of hydrogen-bond donors (Lipinski definition) is 2. The second-order valence-corrected chi connectivity index (χ2v) is 5.37. The molecule has 1 rings (SSSR count). The van der Waals surface area contributed by atoms with Gasteiger partial charge in [0.25, 0.3) is 6.20 Å². The summed E-state index contributed by atoms with van der Waals surface area (Å²) in [5.74, 6) is 1.27. The molecule has 0 atom stereocenters. The van der Waals surface area contributed by atoms with E-state index in [4.69, 9.17) is 4.74 Å². The fourth-order valence-electron chi connectivity index (χ4n) is 2.03. The van der Waals surface area contributed by atoms with Gasteiger partial charge in [0.2, 0.25) is 0 Å². The Balaban J connectivity index is 2.33. The first-order chi connectivity index (χ1) is 11.0. The number of nitrogens with one attached hydrogen (secondary N) is 2. The van der Waals surface area contributed by atoms with Crippen molar-refractivity contribution in [2.45, 2.75) is 19.9 Å². The average molecular weight is 322 g/mol. The van der Waals surface area contributed by atoms with Crippen molar-refractivity contribution in [2.75, 3.05) is 33.8 Å². The van der Waals surface area contributed by atoms with E-state index in [2.05, 4.69) is 21.6 Å². The smallest absolute Gasteiger partial charge is 0.274 e. The van der Waals surface area contributed by atoms with Gasteiger partial charge in [-0.15, -0.1) is 0 Å². The van der Waals surface area contributed by atoms with Gasteiger partial charge in [-0.2, -0.15) is 0 Å². The van der Waals surface area contributed by atoms with E-state index in [1.807, 2.05) is 39.2 Å². The first kappa shape index (κ1) is 18.8. The number of hydrogen-bond acceptors (Lipinski definition) is 6. The van der Waals surface area contributed by atoms with Crippen LogP contribution in [0.2, 0.25) is 0 Å². The summed E-state index contributed by atoms with van der Waals surface area (Å²) in [6.45, 7) is 4.54. The Kier molecular flexibility index (Phi) is 8.52. The second kappa shape index (κ2) is 10.4. The topological polar surface area (TPSA) is 79.7 Å². The van der Waals surface area contributed by atoms with Gasteiger partial charge in [-0.05, 0) is 45.1 Å². The Hall–Kier alpha value is -2.28. The van der Waals surface area contributed by atoms with Gasteiger partial charge in [0.05, 0.1) is 11.5 Å². The number of ether oxygens (including phenoxy) is 1. The van der Waals surface area contributed by atoms with Gasteiger partial charge in [0.15, 0.2) is 5.82 Å². The normalized spacial score (nSPS) is 11.4. The SMILES string of the molecule is CCN/C(=C\[N+](=O)[O-])NCCCOc1cccc(CN(C)C)c1. The van der Waals surface area contributed by atoms with Gasteiger partial charge < -0.3 is 20.3 Å². The Morgan fingerprint density at radius 3 is 2.83 bits per heavy atom. The monoisotopic (exact) mass is 322 g/mol. The summed E-state index contributed by atoms with van der Waals surface area (Å²) in [6, 6.07) is 8.02. The van der Waals surface area contributed by atoms with Crippen LogP contribution in [0.3, 0.4) is 0 Å². The van der Waals surface area contributed by atoms with Crippen LogP contribution in [0, 0.1) is 10.1 Å². The lowest BCUT2D eigenvalue weighted by atomic mass is 10.2. The van der Waals surface area contributed by atoms with E-state index in [0.29, 0.717) is 25.5 Å². The largest absolute Gasteiger partial charge is 0.494 e. The molecule has 0 saturated carbocycles. The van der Waals surface area contributed by atoms with Crippen molar-refractivity contribution in [2.24, 2.45) is 0 Å². The second-order valence-electron chi connectivity index (χ2n) is 5.37. The van der Waals surface area contributed by atoms with E-state index >= 15 is 0 Å². The highest BCUT2D eigenvalue weighted by Gasteiger charge is 2.01. The molecule has 0 spiro atoms. The van der Waals surface area contributed by atoms with Crippen LogP contribution in [0.25, 0.3) is 0 Å². The molecule has 0 radical (unpaired) electrons. The molecule has 0 amide bonds. The maximum atomic E-state index is 10.5. The van der Waals surface area contributed by atoms with Crippen LogP contribution in [0.4, 0.5) is 0 Å². The van der Waals surface area contributed by atoms with Crippen LogP contribution < -0.4 is 15.4 Å². The van der Waals surface area contributed by atoms with Gasteiger partial charge in [0.1, 0.15) is 5.75 Å². The van der Waals surface area contributed by atoms with Crippen molar-refractivity contribution >= 4 is 0 Å². The molecule has 0 aliphatic heterocycles. The first-order valence-corrected chi connectivity index (χ1v) is 7.70. The van der Waals surface area contributed by atoms with Gasteiger partial charge in [0, 0.05) is 19.6 Å². The van der Waals surface area contributed by atoms with Crippen LogP contribution in [-0.2, 0) is 6.54 Å². The van der Waals surface area contributed by atoms with E-state index in [-0.39, 0.29) is 0 Å². The zero-order chi connectivity index (χ0) is 17.1.